The molecule has 0 unspecified atom stereocenters. The minimum absolute atomic E-state index is 0.366. The van der Waals surface area contributed by atoms with E-state index in [0.717, 1.165) is 33.3 Å². The van der Waals surface area contributed by atoms with Crippen LogP contribution in [0.25, 0.3) is 22.0 Å². The zero-order valence-corrected chi connectivity index (χ0v) is 13.9. The first-order chi connectivity index (χ1) is 12.8. The van der Waals surface area contributed by atoms with Gasteiger partial charge in [0.25, 0.3) is 0 Å². The van der Waals surface area contributed by atoms with Crippen LogP contribution in [0.15, 0.2) is 73.2 Å². The number of para-hydroxylation sites is 1. The van der Waals surface area contributed by atoms with Crippen molar-refractivity contribution < 1.29 is 0 Å². The summed E-state index contributed by atoms with van der Waals surface area (Å²) in [7, 11) is 0. The smallest absolute Gasteiger partial charge is 0.227 e. The van der Waals surface area contributed by atoms with Crippen LogP contribution in [0.4, 0.5) is 11.6 Å². The standard InChI is InChI=1S/C21H15N5/c22-10-7-15-5-6-20(18(13-15)16-8-11-23-12-9-16)26-21-24-14-17-3-1-2-4-19(17)25-21/h1-6,8-9,11-14H,7H2,(H,24,25,26). The van der Waals surface area contributed by atoms with Gasteiger partial charge >= 0.3 is 0 Å². The third-order valence-corrected chi connectivity index (χ3v) is 4.09. The highest BCUT2D eigenvalue weighted by molar-refractivity contribution is 5.82. The maximum atomic E-state index is 8.99. The summed E-state index contributed by atoms with van der Waals surface area (Å²) in [6, 6.07) is 19.9. The molecule has 5 nitrogen and oxygen atoms in total. The molecule has 2 heterocycles. The van der Waals surface area contributed by atoms with Gasteiger partial charge in [-0.05, 0) is 41.5 Å². The van der Waals surface area contributed by atoms with E-state index < -0.39 is 0 Å². The molecule has 0 spiro atoms. The zero-order chi connectivity index (χ0) is 17.8. The summed E-state index contributed by atoms with van der Waals surface area (Å²) in [6.45, 7) is 0. The van der Waals surface area contributed by atoms with Crippen molar-refractivity contribution in [2.45, 2.75) is 6.42 Å². The van der Waals surface area contributed by atoms with E-state index in [0.29, 0.717) is 12.4 Å². The van der Waals surface area contributed by atoms with Gasteiger partial charge in [0.15, 0.2) is 0 Å². The molecule has 26 heavy (non-hydrogen) atoms. The lowest BCUT2D eigenvalue weighted by atomic mass is 10.0. The first-order valence-corrected chi connectivity index (χ1v) is 8.22. The molecule has 4 rings (SSSR count). The number of nitriles is 1. The highest BCUT2D eigenvalue weighted by atomic mass is 15.1. The van der Waals surface area contributed by atoms with Crippen LogP contribution < -0.4 is 5.32 Å². The van der Waals surface area contributed by atoms with Crippen LogP contribution in [0, 0.1) is 11.3 Å². The first-order valence-electron chi connectivity index (χ1n) is 8.22. The minimum atomic E-state index is 0.366. The van der Waals surface area contributed by atoms with Crippen LogP contribution in [-0.2, 0) is 6.42 Å². The van der Waals surface area contributed by atoms with Crippen molar-refractivity contribution >= 4 is 22.5 Å². The van der Waals surface area contributed by atoms with Gasteiger partial charge < -0.3 is 5.32 Å². The number of fused-ring (bicyclic) bond motifs is 1. The molecule has 0 aliphatic carbocycles. The van der Waals surface area contributed by atoms with E-state index in [4.69, 9.17) is 5.26 Å². The molecule has 2 aromatic carbocycles. The van der Waals surface area contributed by atoms with E-state index in [9.17, 15) is 0 Å². The number of nitrogens with one attached hydrogen (secondary N) is 1. The first kappa shape index (κ1) is 15.7. The van der Waals surface area contributed by atoms with Gasteiger partial charge in [-0.2, -0.15) is 5.26 Å². The average molecular weight is 337 g/mol. The molecule has 0 fully saturated rings. The second-order valence-electron chi connectivity index (χ2n) is 5.83. The van der Waals surface area contributed by atoms with Crippen molar-refractivity contribution in [3.05, 3.63) is 78.8 Å². The lowest BCUT2D eigenvalue weighted by molar-refractivity contribution is 1.21. The Labute approximate surface area is 151 Å². The number of nitrogens with zero attached hydrogens (tertiary/aromatic N) is 4. The molecule has 4 aromatic rings. The van der Waals surface area contributed by atoms with E-state index in [1.54, 1.807) is 18.6 Å². The molecule has 2 aromatic heterocycles. The SMILES string of the molecule is N#CCc1ccc(Nc2ncc3ccccc3n2)c(-c2ccncc2)c1. The fraction of sp³-hybridized carbons (Fsp3) is 0.0476. The van der Waals surface area contributed by atoms with Gasteiger partial charge in [-0.3, -0.25) is 4.98 Å². The van der Waals surface area contributed by atoms with E-state index in [1.807, 2.05) is 54.6 Å². The van der Waals surface area contributed by atoms with Gasteiger partial charge in [-0.15, -0.1) is 0 Å². The molecule has 0 aliphatic heterocycles. The van der Waals surface area contributed by atoms with E-state index in [2.05, 4.69) is 26.3 Å². The van der Waals surface area contributed by atoms with Crippen LogP contribution >= 0.6 is 0 Å². The summed E-state index contributed by atoms with van der Waals surface area (Å²) < 4.78 is 0. The Hall–Kier alpha value is -3.78. The number of pyridine rings is 1. The molecular weight excluding hydrogens is 322 g/mol. The predicted octanol–water partition coefficient (Wildman–Crippen LogP) is 4.50. The molecule has 0 saturated heterocycles. The molecule has 1 N–H and O–H groups in total. The van der Waals surface area contributed by atoms with Crippen molar-refractivity contribution in [2.75, 3.05) is 5.32 Å². The quantitative estimate of drug-likeness (QED) is 0.593. The summed E-state index contributed by atoms with van der Waals surface area (Å²) in [5.41, 5.74) is 4.73. The maximum absolute atomic E-state index is 8.99. The van der Waals surface area contributed by atoms with Gasteiger partial charge in [0, 0.05) is 35.2 Å². The third kappa shape index (κ3) is 3.21. The molecule has 0 radical (unpaired) electrons. The van der Waals surface area contributed by atoms with Crippen molar-refractivity contribution in [1.82, 2.24) is 15.0 Å². The topological polar surface area (TPSA) is 74.5 Å². The lowest BCUT2D eigenvalue weighted by Crippen LogP contribution is -1.99. The summed E-state index contributed by atoms with van der Waals surface area (Å²) in [5, 5.41) is 13.3. The molecule has 0 saturated carbocycles. The van der Waals surface area contributed by atoms with Crippen molar-refractivity contribution in [3.63, 3.8) is 0 Å². The second-order valence-corrected chi connectivity index (χ2v) is 5.83. The normalized spacial score (nSPS) is 10.4. The Balaban J connectivity index is 1.76. The highest BCUT2D eigenvalue weighted by Crippen LogP contribution is 2.30. The Morgan fingerprint density at radius 1 is 1.00 bits per heavy atom. The molecule has 124 valence electrons. The van der Waals surface area contributed by atoms with Crippen LogP contribution in [0.1, 0.15) is 5.56 Å². The van der Waals surface area contributed by atoms with Gasteiger partial charge in [0.2, 0.25) is 5.95 Å². The number of anilines is 2. The van der Waals surface area contributed by atoms with Crippen LogP contribution in [0.2, 0.25) is 0 Å². The molecule has 0 aliphatic rings. The lowest BCUT2D eigenvalue weighted by Gasteiger charge is -2.13. The summed E-state index contributed by atoms with van der Waals surface area (Å²) in [4.78, 5) is 13.1. The van der Waals surface area contributed by atoms with Gasteiger partial charge in [-0.25, -0.2) is 9.97 Å². The van der Waals surface area contributed by atoms with Crippen LogP contribution in [0.3, 0.4) is 0 Å². The van der Waals surface area contributed by atoms with Gasteiger partial charge in [-0.1, -0.05) is 24.3 Å². The Kier molecular flexibility index (Phi) is 4.23. The van der Waals surface area contributed by atoms with Crippen molar-refractivity contribution in [1.29, 1.82) is 5.26 Å². The zero-order valence-electron chi connectivity index (χ0n) is 13.9. The molecule has 0 bridgehead atoms. The minimum Gasteiger partial charge on any atom is -0.324 e. The number of aromatic nitrogens is 3. The molecular formula is C21H15N5. The fourth-order valence-electron chi connectivity index (χ4n) is 2.82. The second kappa shape index (κ2) is 6.99. The van der Waals surface area contributed by atoms with Crippen molar-refractivity contribution in [2.24, 2.45) is 0 Å². The Bertz CT molecular complexity index is 1100. The summed E-state index contributed by atoms with van der Waals surface area (Å²) >= 11 is 0. The number of hydrogen-bond donors (Lipinski definition) is 1. The van der Waals surface area contributed by atoms with E-state index in [-0.39, 0.29) is 0 Å². The van der Waals surface area contributed by atoms with Crippen molar-refractivity contribution in [3.8, 4) is 17.2 Å². The summed E-state index contributed by atoms with van der Waals surface area (Å²) in [6.07, 6.45) is 5.68. The number of hydrogen-bond acceptors (Lipinski definition) is 5. The number of benzene rings is 2. The van der Waals surface area contributed by atoms with Crippen LogP contribution in [-0.4, -0.2) is 15.0 Å². The van der Waals surface area contributed by atoms with Gasteiger partial charge in [0.1, 0.15) is 0 Å². The monoisotopic (exact) mass is 337 g/mol. The largest absolute Gasteiger partial charge is 0.324 e. The molecule has 5 heteroatoms. The van der Waals surface area contributed by atoms with Gasteiger partial charge in [0.05, 0.1) is 18.0 Å². The average Bonchev–Trinajstić information content (AvgIpc) is 2.70. The van der Waals surface area contributed by atoms with Crippen LogP contribution in [0.5, 0.6) is 0 Å². The Morgan fingerprint density at radius 3 is 2.69 bits per heavy atom. The van der Waals surface area contributed by atoms with E-state index in [1.165, 1.54) is 0 Å². The fourth-order valence-corrected chi connectivity index (χ4v) is 2.82. The maximum Gasteiger partial charge on any atom is 0.227 e. The molecule has 0 amide bonds. The third-order valence-electron chi connectivity index (χ3n) is 4.09. The van der Waals surface area contributed by atoms with E-state index >= 15 is 0 Å². The predicted molar refractivity (Wildman–Crippen MR) is 102 cm³/mol. The number of rotatable bonds is 4. The highest BCUT2D eigenvalue weighted by Gasteiger charge is 2.09. The molecule has 0 atom stereocenters. The Morgan fingerprint density at radius 2 is 1.85 bits per heavy atom. The summed E-state index contributed by atoms with van der Waals surface area (Å²) in [5.74, 6) is 0.534.